The largest absolute Gasteiger partial charge is 0.491 e. The highest BCUT2D eigenvalue weighted by atomic mass is 35.5. The van der Waals surface area contributed by atoms with E-state index in [9.17, 15) is 9.50 Å². The Morgan fingerprint density at radius 1 is 1.11 bits per heavy atom. The number of aromatic nitrogens is 3. The molecule has 0 amide bonds. The van der Waals surface area contributed by atoms with E-state index in [4.69, 9.17) is 21.4 Å². The fraction of sp³-hybridized carbons (Fsp3) is 0.296. The van der Waals surface area contributed by atoms with Crippen molar-refractivity contribution in [3.63, 3.8) is 0 Å². The van der Waals surface area contributed by atoms with Crippen molar-refractivity contribution in [2.24, 2.45) is 0 Å². The van der Waals surface area contributed by atoms with E-state index in [1.807, 2.05) is 32.0 Å². The number of nitrogens with zero attached hydrogens (tertiary/aromatic N) is 3. The summed E-state index contributed by atoms with van der Waals surface area (Å²) in [5, 5.41) is 23.7. The van der Waals surface area contributed by atoms with Crippen LogP contribution in [0.25, 0.3) is 22.0 Å². The molecule has 0 aliphatic heterocycles. The minimum absolute atomic E-state index is 0.121. The van der Waals surface area contributed by atoms with Gasteiger partial charge in [0.25, 0.3) is 0 Å². The zero-order valence-corrected chi connectivity index (χ0v) is 21.3. The van der Waals surface area contributed by atoms with Crippen LogP contribution in [0.15, 0.2) is 48.8 Å². The third kappa shape index (κ3) is 5.41. The summed E-state index contributed by atoms with van der Waals surface area (Å²) in [5.41, 5.74) is 2.86. The van der Waals surface area contributed by atoms with Crippen molar-refractivity contribution in [3.05, 3.63) is 76.7 Å². The second kappa shape index (κ2) is 10.3. The Bertz CT molecular complexity index is 1390. The molecule has 0 aliphatic carbocycles. The summed E-state index contributed by atoms with van der Waals surface area (Å²) in [6, 6.07) is 9.76. The summed E-state index contributed by atoms with van der Waals surface area (Å²) < 4.78 is 20.2. The molecule has 4 aromatic rings. The van der Waals surface area contributed by atoms with Gasteiger partial charge in [-0.05, 0) is 63.6 Å². The predicted octanol–water partition coefficient (Wildman–Crippen LogP) is 5.56. The highest BCUT2D eigenvalue weighted by Crippen LogP contribution is 2.37. The number of fused-ring (bicyclic) bond motifs is 1. The minimum atomic E-state index is -1.14. The molecule has 2 aromatic heterocycles. The molecule has 188 valence electrons. The molecule has 0 unspecified atom stereocenters. The zero-order valence-electron chi connectivity index (χ0n) is 20.5. The topological polar surface area (TPSA) is 100 Å². The molecule has 0 saturated carbocycles. The minimum Gasteiger partial charge on any atom is -0.491 e. The van der Waals surface area contributed by atoms with Crippen LogP contribution in [0, 0.1) is 12.7 Å². The fourth-order valence-corrected chi connectivity index (χ4v) is 4.08. The van der Waals surface area contributed by atoms with Crippen LogP contribution < -0.4 is 10.1 Å². The Labute approximate surface area is 214 Å². The van der Waals surface area contributed by atoms with Crippen LogP contribution in [-0.2, 0) is 5.60 Å². The van der Waals surface area contributed by atoms with Gasteiger partial charge in [0.2, 0.25) is 0 Å². The van der Waals surface area contributed by atoms with Gasteiger partial charge in [0, 0.05) is 28.9 Å². The van der Waals surface area contributed by atoms with Gasteiger partial charge in [-0.1, -0.05) is 17.7 Å². The smallest absolute Gasteiger partial charge is 0.159 e. The number of rotatable bonds is 8. The van der Waals surface area contributed by atoms with Gasteiger partial charge in [-0.2, -0.15) is 0 Å². The summed E-state index contributed by atoms with van der Waals surface area (Å²) >= 11 is 6.69. The molecule has 36 heavy (non-hydrogen) atoms. The van der Waals surface area contributed by atoms with E-state index < -0.39 is 11.6 Å². The van der Waals surface area contributed by atoms with E-state index in [0.29, 0.717) is 33.5 Å². The molecule has 0 spiro atoms. The van der Waals surface area contributed by atoms with Crippen molar-refractivity contribution in [1.82, 2.24) is 15.0 Å². The molecule has 0 aliphatic rings. The summed E-state index contributed by atoms with van der Waals surface area (Å²) in [4.78, 5) is 13.2. The van der Waals surface area contributed by atoms with Crippen molar-refractivity contribution in [1.29, 1.82) is 0 Å². The van der Waals surface area contributed by atoms with Crippen molar-refractivity contribution in [3.8, 4) is 16.9 Å². The number of pyridine rings is 1. The Morgan fingerprint density at radius 3 is 2.50 bits per heavy atom. The second-order valence-electron chi connectivity index (χ2n) is 9.09. The lowest BCUT2D eigenvalue weighted by molar-refractivity contribution is 0.0687. The molecular weight excluding hydrogens is 483 g/mol. The van der Waals surface area contributed by atoms with Crippen molar-refractivity contribution in [2.45, 2.75) is 39.3 Å². The molecule has 2 aromatic carbocycles. The summed E-state index contributed by atoms with van der Waals surface area (Å²) in [6.45, 7) is 6.90. The molecule has 0 saturated heterocycles. The fourth-order valence-electron chi connectivity index (χ4n) is 3.88. The van der Waals surface area contributed by atoms with E-state index in [-0.39, 0.29) is 19.0 Å². The van der Waals surface area contributed by atoms with Gasteiger partial charge < -0.3 is 20.3 Å². The molecule has 9 heteroatoms. The molecule has 4 rings (SSSR count). The van der Waals surface area contributed by atoms with E-state index in [1.165, 1.54) is 12.1 Å². The summed E-state index contributed by atoms with van der Waals surface area (Å²) in [5.74, 6) is 0.408. The number of anilines is 1. The van der Waals surface area contributed by atoms with E-state index in [1.54, 1.807) is 32.3 Å². The lowest BCUT2D eigenvalue weighted by Gasteiger charge is -2.21. The first-order valence-electron chi connectivity index (χ1n) is 11.5. The maximum atomic E-state index is 14.7. The van der Waals surface area contributed by atoms with Crippen LogP contribution in [-0.4, -0.2) is 38.4 Å². The van der Waals surface area contributed by atoms with Gasteiger partial charge in [0.1, 0.15) is 23.8 Å². The van der Waals surface area contributed by atoms with Crippen LogP contribution in [0.4, 0.5) is 10.1 Å². The van der Waals surface area contributed by atoms with Crippen molar-refractivity contribution >= 4 is 28.2 Å². The van der Waals surface area contributed by atoms with Crippen molar-refractivity contribution < 1.29 is 19.3 Å². The first kappa shape index (κ1) is 25.8. The number of halogens is 2. The standard InChI is InChI=1S/C27H28ClFN4O3/c1-15(20-12-19(36-10-9-34)6-7-22(20)29)33-25-21-11-17(5-8-23(21)32-16(2)24(25)28)18-13-30-26(31-14-18)27(3,4)35/h5-8,11-15,34-35H,9-10H2,1-4H3,(H,32,33)/t15-/m1/s1. The Morgan fingerprint density at radius 2 is 1.83 bits per heavy atom. The molecule has 2 heterocycles. The molecule has 0 radical (unpaired) electrons. The number of aryl methyl sites for hydroxylation is 1. The van der Waals surface area contributed by atoms with Gasteiger partial charge >= 0.3 is 0 Å². The second-order valence-corrected chi connectivity index (χ2v) is 9.47. The number of benzene rings is 2. The lowest BCUT2D eigenvalue weighted by atomic mass is 10.0. The van der Waals surface area contributed by atoms with Crippen molar-refractivity contribution in [2.75, 3.05) is 18.5 Å². The van der Waals surface area contributed by atoms with Gasteiger partial charge in [-0.15, -0.1) is 0 Å². The maximum absolute atomic E-state index is 14.7. The Balaban J connectivity index is 1.74. The molecular formula is C27H28ClFN4O3. The number of ether oxygens (including phenoxy) is 1. The van der Waals surface area contributed by atoms with E-state index >= 15 is 0 Å². The van der Waals surface area contributed by atoms with Crippen LogP contribution >= 0.6 is 11.6 Å². The number of hydrogen-bond donors (Lipinski definition) is 3. The molecule has 7 nitrogen and oxygen atoms in total. The van der Waals surface area contributed by atoms with E-state index in [2.05, 4.69) is 20.3 Å². The average Bonchev–Trinajstić information content (AvgIpc) is 2.85. The first-order valence-corrected chi connectivity index (χ1v) is 11.9. The third-order valence-electron chi connectivity index (χ3n) is 5.78. The van der Waals surface area contributed by atoms with Crippen LogP contribution in [0.1, 0.15) is 43.9 Å². The van der Waals surface area contributed by atoms with Gasteiger partial charge in [0.05, 0.1) is 34.6 Å². The third-order valence-corrected chi connectivity index (χ3v) is 6.24. The Kier molecular flexibility index (Phi) is 7.40. The molecule has 1 atom stereocenters. The summed E-state index contributed by atoms with van der Waals surface area (Å²) in [7, 11) is 0. The highest BCUT2D eigenvalue weighted by Gasteiger charge is 2.20. The predicted molar refractivity (Wildman–Crippen MR) is 139 cm³/mol. The molecule has 0 fully saturated rings. The van der Waals surface area contributed by atoms with Crippen LogP contribution in [0.2, 0.25) is 5.02 Å². The van der Waals surface area contributed by atoms with E-state index in [0.717, 1.165) is 22.0 Å². The average molecular weight is 511 g/mol. The maximum Gasteiger partial charge on any atom is 0.159 e. The normalized spacial score (nSPS) is 12.6. The van der Waals surface area contributed by atoms with Crippen LogP contribution in [0.3, 0.4) is 0 Å². The quantitative estimate of drug-likeness (QED) is 0.285. The van der Waals surface area contributed by atoms with Gasteiger partial charge in [-0.3, -0.25) is 4.98 Å². The highest BCUT2D eigenvalue weighted by molar-refractivity contribution is 6.35. The number of nitrogens with one attached hydrogen (secondary N) is 1. The first-order chi connectivity index (χ1) is 17.1. The van der Waals surface area contributed by atoms with Gasteiger partial charge in [0.15, 0.2) is 5.82 Å². The SMILES string of the molecule is Cc1nc2ccc(-c3cnc(C(C)(C)O)nc3)cc2c(N[C@H](C)c2cc(OCCO)ccc2F)c1Cl. The monoisotopic (exact) mass is 510 g/mol. The lowest BCUT2D eigenvalue weighted by Crippen LogP contribution is -2.19. The molecule has 0 bridgehead atoms. The number of hydrogen-bond acceptors (Lipinski definition) is 7. The summed E-state index contributed by atoms with van der Waals surface area (Å²) in [6.07, 6.45) is 3.32. The van der Waals surface area contributed by atoms with Crippen LogP contribution in [0.5, 0.6) is 5.75 Å². The number of aliphatic hydroxyl groups is 2. The Hall–Kier alpha value is -3.33. The number of aliphatic hydroxyl groups excluding tert-OH is 1. The zero-order chi connectivity index (χ0) is 26.0. The van der Waals surface area contributed by atoms with Gasteiger partial charge in [-0.25, -0.2) is 14.4 Å². The molecule has 3 N–H and O–H groups in total.